The molecule has 13 heavy (non-hydrogen) atoms. The zero-order valence-electron chi connectivity index (χ0n) is 6.88. The Morgan fingerprint density at radius 3 is 2.92 bits per heavy atom. The summed E-state index contributed by atoms with van der Waals surface area (Å²) in [6.07, 6.45) is 0.684. The van der Waals surface area contributed by atoms with Gasteiger partial charge in [0.15, 0.2) is 0 Å². The molecule has 1 atom stereocenters. The Morgan fingerprint density at radius 2 is 2.31 bits per heavy atom. The van der Waals surface area contributed by atoms with Crippen LogP contribution in [0.2, 0.25) is 0 Å². The quantitative estimate of drug-likeness (QED) is 0.418. The van der Waals surface area contributed by atoms with Gasteiger partial charge in [-0.15, -0.1) is 0 Å². The minimum absolute atomic E-state index is 0.306. The lowest BCUT2D eigenvalue weighted by Crippen LogP contribution is -2.46. The first-order valence-corrected chi connectivity index (χ1v) is 4.94. The Kier molecular flexibility index (Phi) is 4.13. The van der Waals surface area contributed by atoms with Crippen LogP contribution in [0.25, 0.3) is 0 Å². The highest BCUT2D eigenvalue weighted by atomic mass is 32.2. The monoisotopic (exact) mass is 207 g/mol. The normalized spacial score (nSPS) is 23.5. The Balaban J connectivity index is 2.40. The number of morpholine rings is 1. The van der Waals surface area contributed by atoms with E-state index < -0.39 is 10.9 Å². The number of thiol groups is 1. The maximum Gasteiger partial charge on any atom is 0.210 e. The molecule has 1 N–H and O–H groups in total. The molecule has 1 aliphatic rings. The number of nitrogens with zero attached hydrogens (tertiary/aromatic N) is 1. The molecule has 7 heteroatoms. The van der Waals surface area contributed by atoms with Crippen LogP contribution in [0.4, 0.5) is 0 Å². The van der Waals surface area contributed by atoms with Crippen LogP contribution in [0.1, 0.15) is 0 Å². The summed E-state index contributed by atoms with van der Waals surface area (Å²) in [6, 6.07) is -0.306. The van der Waals surface area contributed by atoms with Crippen LogP contribution in [-0.2, 0) is 20.4 Å². The van der Waals surface area contributed by atoms with Gasteiger partial charge < -0.3 is 9.64 Å². The molecule has 0 saturated carbocycles. The Hall–Kier alpha value is -0.660. The predicted octanol–water partition coefficient (Wildman–Crippen LogP) is -1.88. The van der Waals surface area contributed by atoms with Crippen molar-refractivity contribution in [2.45, 2.75) is 6.04 Å². The van der Waals surface area contributed by atoms with Crippen molar-refractivity contribution in [2.24, 2.45) is 0 Å². The molecule has 75 valence electrons. The lowest BCUT2D eigenvalue weighted by Gasteiger charge is -2.31. The molecule has 0 aromatic rings. The molecule has 1 heterocycles. The topological polar surface area (TPSA) is 75.7 Å². The molecule has 1 rings (SSSR count). The van der Waals surface area contributed by atoms with Crippen LogP contribution in [0.3, 0.4) is 0 Å². The van der Waals surface area contributed by atoms with E-state index in [1.807, 2.05) is 0 Å². The first-order valence-electron chi connectivity index (χ1n) is 3.76. The van der Waals surface area contributed by atoms with Crippen molar-refractivity contribution in [2.75, 3.05) is 19.8 Å². The summed E-state index contributed by atoms with van der Waals surface area (Å²) in [5.41, 5.74) is 0. The molecular weight excluding hydrogens is 196 g/mol. The van der Waals surface area contributed by atoms with Crippen LogP contribution in [0.5, 0.6) is 0 Å². The highest BCUT2D eigenvalue weighted by molar-refractivity contribution is 7.70. The van der Waals surface area contributed by atoms with E-state index in [0.29, 0.717) is 26.2 Å². The average molecular weight is 207 g/mol. The molecule has 0 aromatic carbocycles. The molecule has 1 radical (unpaired) electrons. The molecule has 6 nitrogen and oxygen atoms in total. The SMILES string of the molecule is O=CN1CCOCC1[CH]N[SH](=O)=O. The summed E-state index contributed by atoms with van der Waals surface area (Å²) in [7, 11) is -2.65. The van der Waals surface area contributed by atoms with E-state index in [1.165, 1.54) is 11.4 Å². The Bertz CT molecular complexity index is 235. The van der Waals surface area contributed by atoms with Gasteiger partial charge in [-0.25, -0.2) is 13.1 Å². The van der Waals surface area contributed by atoms with E-state index in [2.05, 4.69) is 4.72 Å². The van der Waals surface area contributed by atoms with Crippen molar-refractivity contribution in [3.8, 4) is 0 Å². The largest absolute Gasteiger partial charge is 0.377 e. The van der Waals surface area contributed by atoms with Crippen LogP contribution in [0.15, 0.2) is 0 Å². The van der Waals surface area contributed by atoms with E-state index in [1.54, 1.807) is 0 Å². The van der Waals surface area contributed by atoms with Crippen molar-refractivity contribution in [1.29, 1.82) is 0 Å². The zero-order valence-corrected chi connectivity index (χ0v) is 7.78. The van der Waals surface area contributed by atoms with Gasteiger partial charge in [-0.1, -0.05) is 0 Å². The van der Waals surface area contributed by atoms with Gasteiger partial charge in [0.1, 0.15) is 0 Å². The number of rotatable bonds is 4. The van der Waals surface area contributed by atoms with Gasteiger partial charge >= 0.3 is 0 Å². The second kappa shape index (κ2) is 5.15. The fraction of sp³-hybridized carbons (Fsp3) is 0.667. The van der Waals surface area contributed by atoms with Gasteiger partial charge in [0.2, 0.25) is 17.3 Å². The van der Waals surface area contributed by atoms with Gasteiger partial charge in [-0.3, -0.25) is 4.79 Å². The van der Waals surface area contributed by atoms with E-state index in [9.17, 15) is 13.2 Å². The standard InChI is InChI=1S/C6H11N2O4S/c9-5-8-1-2-12-4-6(8)3-7-13(10)11/h3,5-6,13H,1-2,4H2,(H,7,10,11). The van der Waals surface area contributed by atoms with Gasteiger partial charge in [0.25, 0.3) is 0 Å². The molecule has 1 amide bonds. The molecule has 1 unspecified atom stereocenters. The summed E-state index contributed by atoms with van der Waals surface area (Å²) in [5, 5.41) is 0. The summed E-state index contributed by atoms with van der Waals surface area (Å²) in [4.78, 5) is 12.0. The zero-order chi connectivity index (χ0) is 9.68. The van der Waals surface area contributed by atoms with Crippen molar-refractivity contribution < 1.29 is 17.9 Å². The van der Waals surface area contributed by atoms with Gasteiger partial charge in [0.05, 0.1) is 25.8 Å². The lowest BCUT2D eigenvalue weighted by molar-refractivity contribution is -0.125. The van der Waals surface area contributed by atoms with Crippen LogP contribution < -0.4 is 4.72 Å². The summed E-state index contributed by atoms with van der Waals surface area (Å²) < 4.78 is 27.6. The number of hydrogen-bond donors (Lipinski definition) is 2. The number of ether oxygens (including phenoxy) is 1. The summed E-state index contributed by atoms with van der Waals surface area (Å²) in [5.74, 6) is 0. The maximum absolute atomic E-state index is 10.5. The van der Waals surface area contributed by atoms with Crippen LogP contribution in [0, 0.1) is 6.54 Å². The second-order valence-corrected chi connectivity index (χ2v) is 3.31. The number of hydrogen-bond acceptors (Lipinski definition) is 4. The van der Waals surface area contributed by atoms with Gasteiger partial charge in [-0.2, -0.15) is 0 Å². The van der Waals surface area contributed by atoms with E-state index in [4.69, 9.17) is 4.74 Å². The number of nitrogens with one attached hydrogen (secondary N) is 1. The second-order valence-electron chi connectivity index (χ2n) is 2.54. The minimum atomic E-state index is -2.65. The number of carbonyl (C=O) groups is 1. The highest BCUT2D eigenvalue weighted by Crippen LogP contribution is 2.05. The van der Waals surface area contributed by atoms with E-state index in [-0.39, 0.29) is 6.04 Å². The smallest absolute Gasteiger partial charge is 0.210 e. The fourth-order valence-electron chi connectivity index (χ4n) is 1.06. The van der Waals surface area contributed by atoms with Crippen LogP contribution >= 0.6 is 0 Å². The number of carbonyl (C=O) groups excluding carboxylic acids is 1. The van der Waals surface area contributed by atoms with E-state index >= 15 is 0 Å². The van der Waals surface area contributed by atoms with Crippen molar-refractivity contribution in [3.05, 3.63) is 6.54 Å². The third-order valence-corrected chi connectivity index (χ3v) is 2.08. The third kappa shape index (κ3) is 3.29. The average Bonchev–Trinajstić information content (AvgIpc) is 2.15. The summed E-state index contributed by atoms with van der Waals surface area (Å²) in [6.45, 7) is 2.64. The Labute approximate surface area is 77.9 Å². The molecule has 1 aliphatic heterocycles. The third-order valence-electron chi connectivity index (χ3n) is 1.72. The van der Waals surface area contributed by atoms with Crippen molar-refractivity contribution in [3.63, 3.8) is 0 Å². The van der Waals surface area contributed by atoms with Crippen molar-refractivity contribution >= 4 is 17.3 Å². The molecular formula is C6H11N2O4S. The lowest BCUT2D eigenvalue weighted by atomic mass is 10.2. The first-order chi connectivity index (χ1) is 6.24. The van der Waals surface area contributed by atoms with E-state index in [0.717, 1.165) is 0 Å². The fourth-order valence-corrected chi connectivity index (χ4v) is 1.35. The van der Waals surface area contributed by atoms with Gasteiger partial charge in [0, 0.05) is 6.54 Å². The minimum Gasteiger partial charge on any atom is -0.377 e. The molecule has 1 saturated heterocycles. The summed E-state index contributed by atoms with van der Waals surface area (Å²) >= 11 is 0. The molecule has 0 aromatic heterocycles. The maximum atomic E-state index is 10.5. The molecule has 0 aliphatic carbocycles. The van der Waals surface area contributed by atoms with Crippen molar-refractivity contribution in [1.82, 2.24) is 9.62 Å². The molecule has 1 fully saturated rings. The van der Waals surface area contributed by atoms with Gasteiger partial charge in [-0.05, 0) is 0 Å². The first kappa shape index (κ1) is 10.4. The Morgan fingerprint density at radius 1 is 1.54 bits per heavy atom. The number of amides is 1. The highest BCUT2D eigenvalue weighted by Gasteiger charge is 2.21. The molecule has 0 spiro atoms. The molecule has 0 bridgehead atoms. The predicted molar refractivity (Wildman–Crippen MR) is 45.1 cm³/mol. The van der Waals surface area contributed by atoms with Crippen LogP contribution in [-0.4, -0.2) is 45.5 Å².